The smallest absolute Gasteiger partial charge is 0.213 e. The van der Waals surface area contributed by atoms with Crippen LogP contribution in [0.1, 0.15) is 0 Å². The lowest BCUT2D eigenvalue weighted by Gasteiger charge is -2.07. The first-order valence-electron chi connectivity index (χ1n) is 5.52. The molecule has 1 aromatic carbocycles. The Labute approximate surface area is 116 Å². The Hall–Kier alpha value is -2.08. The molecule has 94 valence electrons. The summed E-state index contributed by atoms with van der Waals surface area (Å²) in [6.45, 7) is 0. The van der Waals surface area contributed by atoms with E-state index in [1.807, 2.05) is 24.3 Å². The van der Waals surface area contributed by atoms with Gasteiger partial charge in [0.2, 0.25) is 5.95 Å². The molecule has 0 radical (unpaired) electrons. The number of rotatable bonds is 2. The summed E-state index contributed by atoms with van der Waals surface area (Å²) in [6.07, 6.45) is 1.42. The Morgan fingerprint density at radius 3 is 2.84 bits per heavy atom. The van der Waals surface area contributed by atoms with Gasteiger partial charge in [0.25, 0.3) is 0 Å². The average Bonchev–Trinajstić information content (AvgIpc) is 2.39. The molecule has 0 saturated heterocycles. The molecule has 0 bridgehead atoms. The summed E-state index contributed by atoms with van der Waals surface area (Å²) in [4.78, 5) is 12.0. The van der Waals surface area contributed by atoms with E-state index < -0.39 is 5.95 Å². The van der Waals surface area contributed by atoms with Gasteiger partial charge in [-0.05, 0) is 30.3 Å². The lowest BCUT2D eigenvalue weighted by molar-refractivity contribution is 0.589. The van der Waals surface area contributed by atoms with Crippen LogP contribution < -0.4 is 5.32 Å². The van der Waals surface area contributed by atoms with E-state index in [-0.39, 0.29) is 0 Å². The second kappa shape index (κ2) is 4.89. The van der Waals surface area contributed by atoms with Crippen molar-refractivity contribution in [1.82, 2.24) is 15.0 Å². The van der Waals surface area contributed by atoms with Gasteiger partial charge in [-0.2, -0.15) is 4.39 Å². The Balaban J connectivity index is 2.07. The molecule has 2 aromatic heterocycles. The van der Waals surface area contributed by atoms with Gasteiger partial charge in [-0.25, -0.2) is 15.0 Å². The maximum absolute atomic E-state index is 13.2. The second-order valence-corrected chi connectivity index (χ2v) is 4.78. The Morgan fingerprint density at radius 2 is 2.00 bits per heavy atom. The van der Waals surface area contributed by atoms with Crippen LogP contribution in [0.15, 0.2) is 47.2 Å². The molecule has 6 heteroatoms. The Bertz CT molecular complexity index is 748. The molecule has 0 saturated carbocycles. The second-order valence-electron chi connectivity index (χ2n) is 3.86. The molecule has 0 unspecified atom stereocenters. The number of benzene rings is 1. The van der Waals surface area contributed by atoms with Crippen molar-refractivity contribution in [2.45, 2.75) is 0 Å². The molecule has 4 nitrogen and oxygen atoms in total. The van der Waals surface area contributed by atoms with E-state index in [1.165, 1.54) is 12.4 Å². The molecular weight excluding hydrogens is 311 g/mol. The number of pyridine rings is 1. The molecule has 1 N–H and O–H groups in total. The minimum atomic E-state index is -0.556. The third-order valence-corrected chi connectivity index (χ3v) is 3.03. The molecule has 0 fully saturated rings. The van der Waals surface area contributed by atoms with E-state index >= 15 is 0 Å². The van der Waals surface area contributed by atoms with Crippen LogP contribution in [0.3, 0.4) is 0 Å². The summed E-state index contributed by atoms with van der Waals surface area (Å²) in [7, 11) is 0. The number of fused-ring (bicyclic) bond motifs is 1. The minimum Gasteiger partial charge on any atom is -0.338 e. The van der Waals surface area contributed by atoms with E-state index in [0.29, 0.717) is 16.9 Å². The monoisotopic (exact) mass is 318 g/mol. The maximum Gasteiger partial charge on any atom is 0.213 e. The van der Waals surface area contributed by atoms with Gasteiger partial charge < -0.3 is 5.32 Å². The number of nitrogens with one attached hydrogen (secondary N) is 1. The van der Waals surface area contributed by atoms with Crippen molar-refractivity contribution in [1.29, 1.82) is 0 Å². The number of hydrogen-bond acceptors (Lipinski definition) is 4. The van der Waals surface area contributed by atoms with Crippen molar-refractivity contribution in [3.63, 3.8) is 0 Å². The molecular formula is C13H8BrFN4. The van der Waals surface area contributed by atoms with E-state index in [0.717, 1.165) is 10.2 Å². The zero-order valence-electron chi connectivity index (χ0n) is 9.64. The fourth-order valence-electron chi connectivity index (χ4n) is 1.71. The number of anilines is 2. The summed E-state index contributed by atoms with van der Waals surface area (Å²) in [5.41, 5.74) is 1.83. The molecule has 2 heterocycles. The predicted molar refractivity (Wildman–Crippen MR) is 74.7 cm³/mol. The third kappa shape index (κ3) is 2.53. The van der Waals surface area contributed by atoms with Crippen molar-refractivity contribution < 1.29 is 4.39 Å². The summed E-state index contributed by atoms with van der Waals surface area (Å²) >= 11 is 3.39. The largest absolute Gasteiger partial charge is 0.338 e. The lowest BCUT2D eigenvalue weighted by Crippen LogP contribution is -1.98. The SMILES string of the molecule is Fc1ccc2ncnc(Nc3cccc(Br)c3)c2n1. The first kappa shape index (κ1) is 12.0. The van der Waals surface area contributed by atoms with Crippen LogP contribution in [-0.2, 0) is 0 Å². The summed E-state index contributed by atoms with van der Waals surface area (Å²) in [5, 5.41) is 3.10. The van der Waals surface area contributed by atoms with Crippen molar-refractivity contribution >= 4 is 38.5 Å². The highest BCUT2D eigenvalue weighted by atomic mass is 79.9. The molecule has 0 aliphatic rings. The Kier molecular flexibility index (Phi) is 3.08. The quantitative estimate of drug-likeness (QED) is 0.732. The molecule has 3 aromatic rings. The van der Waals surface area contributed by atoms with Crippen LogP contribution in [0.5, 0.6) is 0 Å². The van der Waals surface area contributed by atoms with Gasteiger partial charge in [-0.1, -0.05) is 22.0 Å². The number of hydrogen-bond donors (Lipinski definition) is 1. The third-order valence-electron chi connectivity index (χ3n) is 2.54. The lowest BCUT2D eigenvalue weighted by atomic mass is 10.3. The fraction of sp³-hybridized carbons (Fsp3) is 0. The summed E-state index contributed by atoms with van der Waals surface area (Å²) in [5.74, 6) is -0.0813. The zero-order chi connectivity index (χ0) is 13.2. The number of aromatic nitrogens is 3. The summed E-state index contributed by atoms with van der Waals surface area (Å²) < 4.78 is 14.2. The van der Waals surface area contributed by atoms with E-state index in [9.17, 15) is 4.39 Å². The van der Waals surface area contributed by atoms with E-state index in [4.69, 9.17) is 0 Å². The van der Waals surface area contributed by atoms with Crippen LogP contribution in [0, 0.1) is 5.95 Å². The van der Waals surface area contributed by atoms with Gasteiger partial charge in [0.05, 0.1) is 5.52 Å². The number of nitrogens with zero attached hydrogens (tertiary/aromatic N) is 3. The van der Waals surface area contributed by atoms with Gasteiger partial charge in [-0.3, -0.25) is 0 Å². The average molecular weight is 319 g/mol. The highest BCUT2D eigenvalue weighted by Gasteiger charge is 2.07. The Morgan fingerprint density at radius 1 is 1.11 bits per heavy atom. The number of halogens is 2. The van der Waals surface area contributed by atoms with E-state index in [1.54, 1.807) is 6.07 Å². The van der Waals surface area contributed by atoms with Crippen LogP contribution in [0.2, 0.25) is 0 Å². The van der Waals surface area contributed by atoms with Crippen LogP contribution in [0.25, 0.3) is 11.0 Å². The first-order valence-corrected chi connectivity index (χ1v) is 6.31. The van der Waals surface area contributed by atoms with Gasteiger partial charge in [0.15, 0.2) is 5.82 Å². The molecule has 0 amide bonds. The van der Waals surface area contributed by atoms with Crippen LogP contribution in [-0.4, -0.2) is 15.0 Å². The topological polar surface area (TPSA) is 50.7 Å². The molecule has 0 atom stereocenters. The van der Waals surface area contributed by atoms with Gasteiger partial charge in [0.1, 0.15) is 11.8 Å². The van der Waals surface area contributed by atoms with Crippen LogP contribution in [0.4, 0.5) is 15.9 Å². The zero-order valence-corrected chi connectivity index (χ0v) is 11.2. The highest BCUT2D eigenvalue weighted by Crippen LogP contribution is 2.23. The van der Waals surface area contributed by atoms with E-state index in [2.05, 4.69) is 36.2 Å². The van der Waals surface area contributed by atoms with Crippen molar-refractivity contribution in [3.05, 3.63) is 53.1 Å². The van der Waals surface area contributed by atoms with Gasteiger partial charge in [0, 0.05) is 10.2 Å². The van der Waals surface area contributed by atoms with Crippen molar-refractivity contribution in [2.24, 2.45) is 0 Å². The molecule has 0 aliphatic carbocycles. The van der Waals surface area contributed by atoms with Gasteiger partial charge in [-0.15, -0.1) is 0 Å². The summed E-state index contributed by atoms with van der Waals surface area (Å²) in [6, 6.07) is 10.4. The molecule has 0 aliphatic heterocycles. The first-order chi connectivity index (χ1) is 9.22. The molecule has 3 rings (SSSR count). The highest BCUT2D eigenvalue weighted by molar-refractivity contribution is 9.10. The molecule has 0 spiro atoms. The van der Waals surface area contributed by atoms with Crippen LogP contribution >= 0.6 is 15.9 Å². The van der Waals surface area contributed by atoms with Crippen molar-refractivity contribution in [3.8, 4) is 0 Å². The molecule has 19 heavy (non-hydrogen) atoms. The standard InChI is InChI=1S/C13H8BrFN4/c14-8-2-1-3-9(6-8)18-13-12-10(16-7-17-13)4-5-11(15)19-12/h1-7H,(H,16,17,18). The van der Waals surface area contributed by atoms with Gasteiger partial charge >= 0.3 is 0 Å². The minimum absolute atomic E-state index is 0.405. The normalized spacial score (nSPS) is 10.6. The van der Waals surface area contributed by atoms with Crippen molar-refractivity contribution in [2.75, 3.05) is 5.32 Å². The predicted octanol–water partition coefficient (Wildman–Crippen LogP) is 3.67. The fourth-order valence-corrected chi connectivity index (χ4v) is 2.11. The maximum atomic E-state index is 13.2.